The van der Waals surface area contributed by atoms with Gasteiger partial charge < -0.3 is 4.74 Å². The third-order valence-corrected chi connectivity index (χ3v) is 11.0. The van der Waals surface area contributed by atoms with Crippen molar-refractivity contribution in [1.29, 1.82) is 0 Å². The van der Waals surface area contributed by atoms with E-state index in [4.69, 9.17) is 19.7 Å². The van der Waals surface area contributed by atoms with Crippen molar-refractivity contribution >= 4 is 63.8 Å². The Labute approximate surface area is 290 Å². The van der Waals surface area contributed by atoms with Gasteiger partial charge in [-0.05, 0) is 51.6 Å². The van der Waals surface area contributed by atoms with Gasteiger partial charge in [-0.1, -0.05) is 127 Å². The lowest BCUT2D eigenvalue weighted by molar-refractivity contribution is 0.494. The summed E-state index contributed by atoms with van der Waals surface area (Å²) in [4.78, 5) is 15.4. The first kappa shape index (κ1) is 27.5. The SMILES string of the molecule is c1ccc(-c2nc(-c3ccc4c(c3)sc3cccc(-c5ccccc5)c34)nc(-c3ccc4ccc5ccc6cccc7c6c5c4c3O7)n2)cc1. The van der Waals surface area contributed by atoms with Crippen LogP contribution in [0.2, 0.25) is 0 Å². The van der Waals surface area contributed by atoms with E-state index in [9.17, 15) is 0 Å². The number of fused-ring (bicyclic) bond motifs is 3. The highest BCUT2D eigenvalue weighted by molar-refractivity contribution is 7.26. The molecule has 232 valence electrons. The summed E-state index contributed by atoms with van der Waals surface area (Å²) in [7, 11) is 0. The minimum atomic E-state index is 0.581. The van der Waals surface area contributed by atoms with Crippen molar-refractivity contribution < 1.29 is 4.74 Å². The molecule has 8 aromatic carbocycles. The summed E-state index contributed by atoms with van der Waals surface area (Å²) in [5, 5.41) is 9.44. The van der Waals surface area contributed by atoms with Crippen molar-refractivity contribution in [2.45, 2.75) is 0 Å². The van der Waals surface area contributed by atoms with Crippen LogP contribution in [0.15, 0.2) is 152 Å². The van der Waals surface area contributed by atoms with Gasteiger partial charge in [-0.25, -0.2) is 15.0 Å². The number of rotatable bonds is 4. The number of hydrogen-bond acceptors (Lipinski definition) is 5. The Kier molecular flexibility index (Phi) is 5.80. The van der Waals surface area contributed by atoms with Crippen LogP contribution in [-0.4, -0.2) is 15.0 Å². The van der Waals surface area contributed by atoms with E-state index in [0.717, 1.165) is 44.3 Å². The first-order chi connectivity index (χ1) is 24.8. The Bertz CT molecular complexity index is 3000. The van der Waals surface area contributed by atoms with E-state index < -0.39 is 0 Å². The van der Waals surface area contributed by atoms with Crippen molar-refractivity contribution in [3.8, 4) is 56.8 Å². The largest absolute Gasteiger partial charge is 0.455 e. The number of ether oxygens (including phenoxy) is 1. The van der Waals surface area contributed by atoms with E-state index in [1.807, 2.05) is 30.3 Å². The number of nitrogens with zero attached hydrogens (tertiary/aromatic N) is 3. The molecule has 0 fully saturated rings. The molecular weight excluding hydrogens is 631 g/mol. The van der Waals surface area contributed by atoms with Crippen LogP contribution in [0.3, 0.4) is 0 Å². The topological polar surface area (TPSA) is 47.9 Å². The van der Waals surface area contributed by atoms with Crippen LogP contribution < -0.4 is 4.74 Å². The van der Waals surface area contributed by atoms with Crippen LogP contribution in [0.5, 0.6) is 11.5 Å². The maximum Gasteiger partial charge on any atom is 0.167 e. The molecule has 0 saturated carbocycles. The highest BCUT2D eigenvalue weighted by Gasteiger charge is 2.24. The van der Waals surface area contributed by atoms with Gasteiger partial charge in [0, 0.05) is 47.5 Å². The normalized spacial score (nSPS) is 12.2. The van der Waals surface area contributed by atoms with Gasteiger partial charge >= 0.3 is 0 Å². The van der Waals surface area contributed by atoms with Gasteiger partial charge in [0.1, 0.15) is 11.5 Å². The highest BCUT2D eigenvalue weighted by Crippen LogP contribution is 2.50. The average Bonchev–Trinajstić information content (AvgIpc) is 3.56. The van der Waals surface area contributed by atoms with Crippen molar-refractivity contribution in [2.24, 2.45) is 0 Å². The Morgan fingerprint density at radius 3 is 1.86 bits per heavy atom. The summed E-state index contributed by atoms with van der Waals surface area (Å²) in [6.07, 6.45) is 0. The monoisotopic (exact) mass is 655 g/mol. The molecule has 0 amide bonds. The fourth-order valence-electron chi connectivity index (χ4n) is 7.59. The molecule has 0 N–H and O–H groups in total. The lowest BCUT2D eigenvalue weighted by Crippen LogP contribution is -2.03. The van der Waals surface area contributed by atoms with Crippen molar-refractivity contribution in [3.63, 3.8) is 0 Å². The van der Waals surface area contributed by atoms with E-state index in [-0.39, 0.29) is 0 Å². The minimum absolute atomic E-state index is 0.581. The predicted molar refractivity (Wildman–Crippen MR) is 207 cm³/mol. The Morgan fingerprint density at radius 1 is 0.400 bits per heavy atom. The molecule has 2 aromatic heterocycles. The van der Waals surface area contributed by atoms with Gasteiger partial charge in [0.05, 0.1) is 5.56 Å². The number of aromatic nitrogens is 3. The average molecular weight is 656 g/mol. The molecule has 0 radical (unpaired) electrons. The van der Waals surface area contributed by atoms with Crippen LogP contribution in [0.4, 0.5) is 0 Å². The maximum atomic E-state index is 6.80. The van der Waals surface area contributed by atoms with E-state index >= 15 is 0 Å². The zero-order valence-corrected chi connectivity index (χ0v) is 27.4. The summed E-state index contributed by atoms with van der Waals surface area (Å²) >= 11 is 1.80. The smallest absolute Gasteiger partial charge is 0.167 e. The molecule has 3 heterocycles. The molecule has 0 unspecified atom stereocenters. The third-order valence-electron chi connectivity index (χ3n) is 9.88. The van der Waals surface area contributed by atoms with Crippen LogP contribution >= 0.6 is 11.3 Å². The molecule has 0 atom stereocenters. The zero-order chi connectivity index (χ0) is 32.8. The molecule has 11 rings (SSSR count). The number of hydrogen-bond donors (Lipinski definition) is 0. The maximum absolute atomic E-state index is 6.80. The fourth-order valence-corrected chi connectivity index (χ4v) is 8.76. The molecule has 4 nitrogen and oxygen atoms in total. The second-order valence-electron chi connectivity index (χ2n) is 12.8. The lowest BCUT2D eigenvalue weighted by atomic mass is 9.92. The molecule has 0 saturated heterocycles. The molecule has 1 aliphatic heterocycles. The second kappa shape index (κ2) is 10.5. The van der Waals surface area contributed by atoms with Crippen molar-refractivity contribution in [3.05, 3.63) is 152 Å². The van der Waals surface area contributed by atoms with Gasteiger partial charge in [-0.3, -0.25) is 0 Å². The number of thiophene rings is 1. The highest BCUT2D eigenvalue weighted by atomic mass is 32.1. The summed E-state index contributed by atoms with van der Waals surface area (Å²) < 4.78 is 9.26. The van der Waals surface area contributed by atoms with Gasteiger partial charge in [-0.2, -0.15) is 0 Å². The van der Waals surface area contributed by atoms with E-state index in [1.54, 1.807) is 11.3 Å². The van der Waals surface area contributed by atoms with Crippen molar-refractivity contribution in [2.75, 3.05) is 0 Å². The zero-order valence-electron chi connectivity index (χ0n) is 26.6. The second-order valence-corrected chi connectivity index (χ2v) is 13.8. The van der Waals surface area contributed by atoms with Gasteiger partial charge in [0.25, 0.3) is 0 Å². The lowest BCUT2D eigenvalue weighted by Gasteiger charge is -2.22. The van der Waals surface area contributed by atoms with Crippen molar-refractivity contribution in [1.82, 2.24) is 15.0 Å². The summed E-state index contributed by atoms with van der Waals surface area (Å²) in [5.41, 5.74) is 5.18. The standard InChI is InChI=1S/C45H25N3OS/c1-3-9-26(10-4-1)32-14-8-16-36-41(32)33-23-22-31(25-37(33)50-36)44-46-43(30-11-5-2-6-12-30)47-45(48-44)34-24-21-29-20-19-28-18-17-27-13-7-15-35-38(27)39(28)40(29)42(34)49-35/h1-25H. The summed E-state index contributed by atoms with van der Waals surface area (Å²) in [5.74, 6) is 3.46. The van der Waals surface area contributed by atoms with Crippen LogP contribution in [0.25, 0.3) is 97.8 Å². The van der Waals surface area contributed by atoms with E-state index in [0.29, 0.717) is 17.5 Å². The molecular formula is C45H25N3OS. The Balaban J connectivity index is 1.14. The molecule has 0 aliphatic carbocycles. The molecule has 50 heavy (non-hydrogen) atoms. The first-order valence-electron chi connectivity index (χ1n) is 16.7. The fraction of sp³-hybridized carbons (Fsp3) is 0. The van der Waals surface area contributed by atoms with E-state index in [1.165, 1.54) is 47.5 Å². The van der Waals surface area contributed by atoms with Gasteiger partial charge in [-0.15, -0.1) is 11.3 Å². The first-order valence-corrected chi connectivity index (χ1v) is 17.5. The Morgan fingerprint density at radius 2 is 1.06 bits per heavy atom. The van der Waals surface area contributed by atoms with E-state index in [2.05, 4.69) is 121 Å². The number of benzene rings is 8. The molecule has 5 heteroatoms. The summed E-state index contributed by atoms with van der Waals surface area (Å²) in [6, 6.07) is 53.2. The van der Waals surface area contributed by atoms with Gasteiger partial charge in [0.15, 0.2) is 17.5 Å². The minimum Gasteiger partial charge on any atom is -0.455 e. The van der Waals surface area contributed by atoms with Crippen LogP contribution in [-0.2, 0) is 0 Å². The predicted octanol–water partition coefficient (Wildman–Crippen LogP) is 12.5. The third kappa shape index (κ3) is 4.08. The quantitative estimate of drug-likeness (QED) is 0.177. The molecule has 1 aliphatic rings. The molecule has 10 aromatic rings. The Hall–Kier alpha value is -6.43. The van der Waals surface area contributed by atoms with Gasteiger partial charge in [0.2, 0.25) is 0 Å². The van der Waals surface area contributed by atoms with Crippen LogP contribution in [0.1, 0.15) is 0 Å². The molecule has 0 bridgehead atoms. The molecule has 0 spiro atoms. The summed E-state index contributed by atoms with van der Waals surface area (Å²) in [6.45, 7) is 0. The van der Waals surface area contributed by atoms with Crippen LogP contribution in [0, 0.1) is 0 Å².